The van der Waals surface area contributed by atoms with E-state index in [1.165, 1.54) is 5.39 Å². The maximum atomic E-state index is 13.0. The third-order valence-corrected chi connectivity index (χ3v) is 6.31. The highest BCUT2D eigenvalue weighted by molar-refractivity contribution is 5.90. The smallest absolute Gasteiger partial charge is 0.227 e. The van der Waals surface area contributed by atoms with Crippen molar-refractivity contribution in [3.8, 4) is 5.82 Å². The zero-order valence-electron chi connectivity index (χ0n) is 18.4. The summed E-state index contributed by atoms with van der Waals surface area (Å²) in [4.78, 5) is 30.4. The average Bonchev–Trinajstić information content (AvgIpc) is 3.17. The van der Waals surface area contributed by atoms with Crippen molar-refractivity contribution in [2.75, 3.05) is 31.1 Å². The lowest BCUT2D eigenvalue weighted by atomic mass is 10.0. The predicted molar refractivity (Wildman–Crippen MR) is 125 cm³/mol. The first-order chi connectivity index (χ1) is 15.6. The van der Waals surface area contributed by atoms with Gasteiger partial charge in [-0.3, -0.25) is 9.36 Å². The minimum absolute atomic E-state index is 0.175. The van der Waals surface area contributed by atoms with Gasteiger partial charge in [-0.1, -0.05) is 42.5 Å². The fraction of sp³-hybridized carbons (Fsp3) is 0.280. The molecule has 0 aliphatic carbocycles. The van der Waals surface area contributed by atoms with Crippen LogP contribution in [0.1, 0.15) is 17.0 Å². The summed E-state index contributed by atoms with van der Waals surface area (Å²) in [6.45, 7) is 6.89. The Morgan fingerprint density at radius 1 is 0.906 bits per heavy atom. The molecule has 1 aliphatic rings. The molecule has 162 valence electrons. The van der Waals surface area contributed by atoms with E-state index in [9.17, 15) is 4.79 Å². The second-order valence-corrected chi connectivity index (χ2v) is 8.20. The van der Waals surface area contributed by atoms with E-state index in [0.717, 1.165) is 47.1 Å². The van der Waals surface area contributed by atoms with Crippen molar-refractivity contribution >= 4 is 22.5 Å². The van der Waals surface area contributed by atoms with Crippen molar-refractivity contribution in [3.05, 3.63) is 78.1 Å². The molecule has 3 heterocycles. The first-order valence-corrected chi connectivity index (χ1v) is 10.9. The van der Waals surface area contributed by atoms with E-state index in [1.807, 2.05) is 47.6 Å². The number of aryl methyl sites for hydroxylation is 1. The molecule has 0 N–H and O–H groups in total. The summed E-state index contributed by atoms with van der Waals surface area (Å²) in [5.41, 5.74) is 3.14. The first-order valence-electron chi connectivity index (χ1n) is 10.9. The number of piperazine rings is 1. The number of benzene rings is 2. The van der Waals surface area contributed by atoms with Crippen LogP contribution in [0.25, 0.3) is 16.6 Å². The molecule has 2 aromatic carbocycles. The number of carbonyl (C=O) groups excluding carboxylic acids is 1. The van der Waals surface area contributed by atoms with Gasteiger partial charge in [-0.2, -0.15) is 0 Å². The number of anilines is 1. The third kappa shape index (κ3) is 3.82. The number of carbonyl (C=O) groups is 1. The Labute approximate surface area is 187 Å². The Hall–Kier alpha value is -3.74. The van der Waals surface area contributed by atoms with Crippen molar-refractivity contribution in [2.45, 2.75) is 20.3 Å². The van der Waals surface area contributed by atoms with Crippen molar-refractivity contribution in [1.82, 2.24) is 24.4 Å². The molecule has 7 nitrogen and oxygen atoms in total. The lowest BCUT2D eigenvalue weighted by molar-refractivity contribution is -0.130. The van der Waals surface area contributed by atoms with Gasteiger partial charge in [0, 0.05) is 37.9 Å². The Morgan fingerprint density at radius 2 is 1.66 bits per heavy atom. The summed E-state index contributed by atoms with van der Waals surface area (Å²) in [6.07, 6.45) is 3.82. The fourth-order valence-corrected chi connectivity index (χ4v) is 4.28. The molecule has 1 aliphatic heterocycles. The summed E-state index contributed by atoms with van der Waals surface area (Å²) in [7, 11) is 0. The van der Waals surface area contributed by atoms with Gasteiger partial charge in [0.2, 0.25) is 5.91 Å². The number of nitrogens with zero attached hydrogens (tertiary/aromatic N) is 6. The van der Waals surface area contributed by atoms with Gasteiger partial charge >= 0.3 is 0 Å². The van der Waals surface area contributed by atoms with Gasteiger partial charge in [0.25, 0.3) is 0 Å². The number of rotatable bonds is 4. The molecule has 0 radical (unpaired) electrons. The summed E-state index contributed by atoms with van der Waals surface area (Å²) in [6, 6.07) is 16.4. The molecule has 0 saturated carbocycles. The maximum absolute atomic E-state index is 13.0. The molecule has 1 saturated heterocycles. The standard InChI is InChI=1S/C25H26N6O/c1-18-19(2)31(17-28-18)24-15-23(26-16-27-24)29-10-12-30(13-11-29)25(32)14-21-8-5-7-20-6-3-4-9-22(20)21/h3-9,15-17H,10-14H2,1-2H3. The zero-order valence-corrected chi connectivity index (χ0v) is 18.4. The quantitative estimate of drug-likeness (QED) is 0.501. The predicted octanol–water partition coefficient (Wildman–Crippen LogP) is 3.32. The molecular weight excluding hydrogens is 400 g/mol. The molecule has 0 atom stereocenters. The lowest BCUT2D eigenvalue weighted by Gasteiger charge is -2.35. The lowest BCUT2D eigenvalue weighted by Crippen LogP contribution is -2.49. The molecule has 1 fully saturated rings. The maximum Gasteiger partial charge on any atom is 0.227 e. The Balaban J connectivity index is 1.26. The van der Waals surface area contributed by atoms with Crippen LogP contribution in [0.15, 0.2) is 61.2 Å². The molecule has 0 unspecified atom stereocenters. The SMILES string of the molecule is Cc1ncn(-c2cc(N3CCN(C(=O)Cc4cccc5ccccc45)CC3)ncn2)c1C. The van der Waals surface area contributed by atoms with Crippen LogP contribution >= 0.6 is 0 Å². The van der Waals surface area contributed by atoms with E-state index in [0.29, 0.717) is 19.5 Å². The largest absolute Gasteiger partial charge is 0.353 e. The van der Waals surface area contributed by atoms with Crippen LogP contribution in [-0.4, -0.2) is 56.5 Å². The molecule has 4 aromatic rings. The van der Waals surface area contributed by atoms with Gasteiger partial charge in [-0.05, 0) is 30.2 Å². The van der Waals surface area contributed by atoms with Gasteiger partial charge in [0.1, 0.15) is 24.3 Å². The zero-order chi connectivity index (χ0) is 22.1. The first kappa shape index (κ1) is 20.2. The van der Waals surface area contributed by atoms with Crippen LogP contribution in [0.5, 0.6) is 0 Å². The Bertz CT molecular complexity index is 1270. The highest BCUT2D eigenvalue weighted by Crippen LogP contribution is 2.21. The number of amides is 1. The van der Waals surface area contributed by atoms with E-state index in [-0.39, 0.29) is 5.91 Å². The number of fused-ring (bicyclic) bond motifs is 1. The molecule has 0 spiro atoms. The van der Waals surface area contributed by atoms with Gasteiger partial charge in [-0.15, -0.1) is 0 Å². The number of imidazole rings is 1. The van der Waals surface area contributed by atoms with Crippen LogP contribution in [0.2, 0.25) is 0 Å². The van der Waals surface area contributed by atoms with Crippen LogP contribution in [-0.2, 0) is 11.2 Å². The highest BCUT2D eigenvalue weighted by atomic mass is 16.2. The van der Waals surface area contributed by atoms with Gasteiger partial charge in [0.15, 0.2) is 0 Å². The van der Waals surface area contributed by atoms with Crippen molar-refractivity contribution < 1.29 is 4.79 Å². The molecule has 7 heteroatoms. The number of hydrogen-bond donors (Lipinski definition) is 0. The molecule has 5 rings (SSSR count). The van der Waals surface area contributed by atoms with Crippen LogP contribution in [0.4, 0.5) is 5.82 Å². The molecule has 0 bridgehead atoms. The Kier molecular flexibility index (Phi) is 5.31. The normalized spacial score (nSPS) is 14.2. The minimum Gasteiger partial charge on any atom is -0.353 e. The molecule has 2 aromatic heterocycles. The summed E-state index contributed by atoms with van der Waals surface area (Å²) in [5.74, 6) is 1.86. The van der Waals surface area contributed by atoms with E-state index >= 15 is 0 Å². The van der Waals surface area contributed by atoms with Gasteiger partial charge < -0.3 is 9.80 Å². The Morgan fingerprint density at radius 3 is 2.44 bits per heavy atom. The topological polar surface area (TPSA) is 67.2 Å². The van der Waals surface area contributed by atoms with Crippen LogP contribution in [0.3, 0.4) is 0 Å². The highest BCUT2D eigenvalue weighted by Gasteiger charge is 2.23. The number of hydrogen-bond acceptors (Lipinski definition) is 5. The van der Waals surface area contributed by atoms with Gasteiger partial charge in [-0.25, -0.2) is 15.0 Å². The average molecular weight is 427 g/mol. The summed E-state index contributed by atoms with van der Waals surface area (Å²) >= 11 is 0. The monoisotopic (exact) mass is 426 g/mol. The van der Waals surface area contributed by atoms with Crippen molar-refractivity contribution in [2.24, 2.45) is 0 Å². The van der Waals surface area contributed by atoms with E-state index in [1.54, 1.807) is 12.7 Å². The van der Waals surface area contributed by atoms with Crippen LogP contribution in [0, 0.1) is 13.8 Å². The molecule has 32 heavy (non-hydrogen) atoms. The van der Waals surface area contributed by atoms with Crippen molar-refractivity contribution in [3.63, 3.8) is 0 Å². The second-order valence-electron chi connectivity index (χ2n) is 8.20. The van der Waals surface area contributed by atoms with E-state index in [2.05, 4.69) is 44.1 Å². The molecule has 1 amide bonds. The van der Waals surface area contributed by atoms with E-state index in [4.69, 9.17) is 0 Å². The van der Waals surface area contributed by atoms with Crippen molar-refractivity contribution in [1.29, 1.82) is 0 Å². The third-order valence-electron chi connectivity index (χ3n) is 6.31. The summed E-state index contributed by atoms with van der Waals surface area (Å²) < 4.78 is 1.98. The summed E-state index contributed by atoms with van der Waals surface area (Å²) in [5, 5.41) is 2.33. The van der Waals surface area contributed by atoms with E-state index < -0.39 is 0 Å². The minimum atomic E-state index is 0.175. The fourth-order valence-electron chi connectivity index (χ4n) is 4.28. The molecular formula is C25H26N6O. The van der Waals surface area contributed by atoms with Gasteiger partial charge in [0.05, 0.1) is 12.1 Å². The second kappa shape index (κ2) is 8.42. The number of aromatic nitrogens is 4. The van der Waals surface area contributed by atoms with Crippen LogP contribution < -0.4 is 4.90 Å².